The predicted molar refractivity (Wildman–Crippen MR) is 54.0 cm³/mol. The van der Waals surface area contributed by atoms with E-state index in [1.807, 2.05) is 0 Å². The quantitative estimate of drug-likeness (QED) is 0.467. The molecule has 2 unspecified atom stereocenters. The van der Waals surface area contributed by atoms with Crippen molar-refractivity contribution < 1.29 is 25.1 Å². The second-order valence-electron chi connectivity index (χ2n) is 3.57. The van der Waals surface area contributed by atoms with Crippen LogP contribution in [0.3, 0.4) is 0 Å². The highest BCUT2D eigenvalue weighted by Gasteiger charge is 2.39. The number of hydrogen-bond acceptors (Lipinski definition) is 4. The maximum atomic E-state index is 10.8. The van der Waals surface area contributed by atoms with Crippen LogP contribution in [0, 0.1) is 5.92 Å². The number of carbonyl (C=O) groups is 1. The average Bonchev–Trinajstić information content (AvgIpc) is 2.15. The summed E-state index contributed by atoms with van der Waals surface area (Å²) in [7, 11) is -1.54. The van der Waals surface area contributed by atoms with Crippen molar-refractivity contribution in [2.24, 2.45) is 5.92 Å². The van der Waals surface area contributed by atoms with Crippen molar-refractivity contribution in [1.29, 1.82) is 0 Å². The van der Waals surface area contributed by atoms with Gasteiger partial charge in [-0.25, -0.2) is 0 Å². The molecule has 0 aromatic rings. The molecule has 0 spiro atoms. The molecule has 0 aromatic carbocycles. The minimum absolute atomic E-state index is 0.0114. The van der Waals surface area contributed by atoms with Crippen LogP contribution < -0.4 is 0 Å². The van der Waals surface area contributed by atoms with Gasteiger partial charge >= 0.3 is 13.1 Å². The lowest BCUT2D eigenvalue weighted by molar-refractivity contribution is -0.146. The Bertz CT molecular complexity index is 299. The molecule has 1 rings (SSSR count). The number of aliphatic carboxylic acids is 1. The van der Waals surface area contributed by atoms with Gasteiger partial charge in [0.15, 0.2) is 0 Å². The first-order valence-corrected chi connectivity index (χ1v) is 4.63. The van der Waals surface area contributed by atoms with Gasteiger partial charge in [-0.3, -0.25) is 4.79 Å². The van der Waals surface area contributed by atoms with Crippen LogP contribution in [0.2, 0.25) is 6.32 Å². The highest BCUT2D eigenvalue weighted by Crippen LogP contribution is 2.29. The van der Waals surface area contributed by atoms with Gasteiger partial charge in [-0.1, -0.05) is 24.3 Å². The summed E-state index contributed by atoms with van der Waals surface area (Å²) in [4.78, 5) is 10.8. The van der Waals surface area contributed by atoms with Gasteiger partial charge in [0.05, 0.1) is 5.60 Å². The molecule has 82 valence electrons. The topological polar surface area (TPSA) is 98.0 Å². The average molecular weight is 212 g/mol. The third-order valence-corrected chi connectivity index (χ3v) is 2.41. The molecule has 2 atom stereocenters. The summed E-state index contributed by atoms with van der Waals surface area (Å²) in [5.74, 6) is -2.17. The van der Waals surface area contributed by atoms with E-state index < -0.39 is 24.6 Å². The Kier molecular flexibility index (Phi) is 3.68. The van der Waals surface area contributed by atoms with E-state index in [0.717, 1.165) is 0 Å². The van der Waals surface area contributed by atoms with Crippen molar-refractivity contribution in [2.45, 2.75) is 18.3 Å². The Hall–Kier alpha value is -1.11. The van der Waals surface area contributed by atoms with Crippen molar-refractivity contribution in [3.05, 3.63) is 24.3 Å². The zero-order valence-corrected chi connectivity index (χ0v) is 8.08. The lowest BCUT2D eigenvalue weighted by Crippen LogP contribution is -2.41. The number of aliphatic hydroxyl groups is 1. The molecule has 0 saturated heterocycles. The molecule has 6 heteroatoms. The molecule has 0 aromatic heterocycles. The maximum Gasteiger partial charge on any atom is 0.451 e. The van der Waals surface area contributed by atoms with E-state index in [0.29, 0.717) is 0 Å². The zero-order valence-electron chi connectivity index (χ0n) is 8.08. The van der Waals surface area contributed by atoms with Crippen LogP contribution in [-0.4, -0.2) is 38.9 Å². The fourth-order valence-electron chi connectivity index (χ4n) is 1.56. The van der Waals surface area contributed by atoms with E-state index in [1.165, 1.54) is 12.2 Å². The fourth-order valence-corrected chi connectivity index (χ4v) is 1.56. The lowest BCUT2D eigenvalue weighted by Gasteiger charge is -2.30. The molecule has 1 aliphatic rings. The van der Waals surface area contributed by atoms with E-state index in [4.69, 9.17) is 15.2 Å². The highest BCUT2D eigenvalue weighted by molar-refractivity contribution is 6.40. The Morgan fingerprint density at radius 1 is 1.40 bits per heavy atom. The summed E-state index contributed by atoms with van der Waals surface area (Å²) < 4.78 is 0. The maximum absolute atomic E-state index is 10.8. The molecule has 0 radical (unpaired) electrons. The van der Waals surface area contributed by atoms with Crippen LogP contribution >= 0.6 is 0 Å². The Balaban J connectivity index is 2.74. The van der Waals surface area contributed by atoms with Crippen LogP contribution in [0.25, 0.3) is 0 Å². The van der Waals surface area contributed by atoms with Gasteiger partial charge in [-0.05, 0) is 12.7 Å². The van der Waals surface area contributed by atoms with E-state index in [2.05, 4.69) is 0 Å². The smallest absolute Gasteiger partial charge is 0.451 e. The van der Waals surface area contributed by atoms with E-state index >= 15 is 0 Å². The van der Waals surface area contributed by atoms with Crippen molar-refractivity contribution in [3.8, 4) is 0 Å². The summed E-state index contributed by atoms with van der Waals surface area (Å²) >= 11 is 0. The Labute approximate surface area is 87.5 Å². The van der Waals surface area contributed by atoms with Crippen LogP contribution in [0.15, 0.2) is 24.3 Å². The minimum Gasteiger partial charge on any atom is -0.481 e. The summed E-state index contributed by atoms with van der Waals surface area (Å²) in [6, 6.07) is 0. The standard InChI is InChI=1S/C9H13BO5/c11-8(12)7-3-1-2-4-9(7,13)5-6-10(14)15/h1-4,7,13-15H,5-6H2,(H,11,12). The van der Waals surface area contributed by atoms with Crippen LogP contribution in [0.5, 0.6) is 0 Å². The Morgan fingerprint density at radius 2 is 2.07 bits per heavy atom. The van der Waals surface area contributed by atoms with Gasteiger partial charge in [-0.15, -0.1) is 0 Å². The normalized spacial score (nSPS) is 29.1. The molecule has 0 amide bonds. The van der Waals surface area contributed by atoms with Crippen LogP contribution in [0.1, 0.15) is 6.42 Å². The van der Waals surface area contributed by atoms with Gasteiger partial charge < -0.3 is 20.3 Å². The van der Waals surface area contributed by atoms with Gasteiger partial charge in [0.2, 0.25) is 0 Å². The van der Waals surface area contributed by atoms with Crippen LogP contribution in [-0.2, 0) is 4.79 Å². The minimum atomic E-state index is -1.54. The third-order valence-electron chi connectivity index (χ3n) is 2.41. The van der Waals surface area contributed by atoms with Gasteiger partial charge in [0.25, 0.3) is 0 Å². The molecule has 0 fully saturated rings. The molecule has 0 bridgehead atoms. The first-order chi connectivity index (χ1) is 6.96. The molecule has 4 N–H and O–H groups in total. The largest absolute Gasteiger partial charge is 0.481 e. The van der Waals surface area contributed by atoms with Gasteiger partial charge in [0, 0.05) is 0 Å². The second-order valence-corrected chi connectivity index (χ2v) is 3.57. The molecular formula is C9H13BO5. The summed E-state index contributed by atoms with van der Waals surface area (Å²) in [6.45, 7) is 0. The molecule has 15 heavy (non-hydrogen) atoms. The van der Waals surface area contributed by atoms with E-state index in [1.54, 1.807) is 12.2 Å². The summed E-state index contributed by atoms with van der Waals surface area (Å²) in [5, 5.41) is 36.2. The first-order valence-electron chi connectivity index (χ1n) is 4.63. The third kappa shape index (κ3) is 2.92. The second kappa shape index (κ2) is 4.61. The molecule has 1 aliphatic carbocycles. The molecule has 0 heterocycles. The molecule has 5 nitrogen and oxygen atoms in total. The SMILES string of the molecule is O=C(O)C1C=CC=CC1(O)CCB(O)O. The molecular weight excluding hydrogens is 199 g/mol. The number of carboxylic acids is 1. The number of allylic oxidation sites excluding steroid dienone is 2. The van der Waals surface area contributed by atoms with Crippen molar-refractivity contribution >= 4 is 13.1 Å². The van der Waals surface area contributed by atoms with E-state index in [9.17, 15) is 9.90 Å². The van der Waals surface area contributed by atoms with Crippen LogP contribution in [0.4, 0.5) is 0 Å². The fraction of sp³-hybridized carbons (Fsp3) is 0.444. The van der Waals surface area contributed by atoms with E-state index in [-0.39, 0.29) is 12.7 Å². The van der Waals surface area contributed by atoms with Crippen molar-refractivity contribution in [2.75, 3.05) is 0 Å². The molecule has 0 saturated carbocycles. The summed E-state index contributed by atoms with van der Waals surface area (Å²) in [6.07, 6.45) is 5.76. The van der Waals surface area contributed by atoms with Gasteiger partial charge in [-0.2, -0.15) is 0 Å². The zero-order chi connectivity index (χ0) is 11.5. The number of carboxylic acid groups (broad SMARTS) is 1. The number of rotatable bonds is 4. The summed E-state index contributed by atoms with van der Waals surface area (Å²) in [5.41, 5.74) is -1.54. The monoisotopic (exact) mass is 212 g/mol. The predicted octanol–water partition coefficient (Wildman–Crippen LogP) is -0.593. The highest BCUT2D eigenvalue weighted by atomic mass is 16.4. The van der Waals surface area contributed by atoms with Crippen molar-refractivity contribution in [3.63, 3.8) is 0 Å². The molecule has 0 aliphatic heterocycles. The Morgan fingerprint density at radius 3 is 2.60 bits per heavy atom. The van der Waals surface area contributed by atoms with Crippen molar-refractivity contribution in [1.82, 2.24) is 0 Å². The number of hydrogen-bond donors (Lipinski definition) is 4. The lowest BCUT2D eigenvalue weighted by atomic mass is 9.73. The first kappa shape index (κ1) is 12.0. The van der Waals surface area contributed by atoms with Gasteiger partial charge in [0.1, 0.15) is 5.92 Å².